The van der Waals surface area contributed by atoms with Crippen LogP contribution in [-0.2, 0) is 9.59 Å². The van der Waals surface area contributed by atoms with Crippen molar-refractivity contribution in [2.45, 2.75) is 26.4 Å². The molecule has 1 unspecified atom stereocenters. The Balaban J connectivity index is 1.90. The number of hydrogen-bond donors (Lipinski definition) is 1. The van der Waals surface area contributed by atoms with Gasteiger partial charge in [-0.25, -0.2) is 9.69 Å². The molecule has 1 aliphatic rings. The molecule has 0 aliphatic carbocycles. The van der Waals surface area contributed by atoms with Crippen LogP contribution in [0.5, 0.6) is 5.75 Å². The van der Waals surface area contributed by atoms with Crippen LogP contribution in [0.15, 0.2) is 53.4 Å². The van der Waals surface area contributed by atoms with Crippen molar-refractivity contribution in [3.05, 3.63) is 64.6 Å². The quantitative estimate of drug-likeness (QED) is 0.724. The molecule has 1 heterocycles. The van der Waals surface area contributed by atoms with Crippen molar-refractivity contribution in [2.24, 2.45) is 0 Å². The van der Waals surface area contributed by atoms with E-state index in [2.05, 4.69) is 0 Å². The van der Waals surface area contributed by atoms with Crippen molar-refractivity contribution >= 4 is 40.6 Å². The number of carbonyl (C=O) groups is 3. The molecule has 0 bridgehead atoms. The fourth-order valence-electron chi connectivity index (χ4n) is 2.69. The van der Waals surface area contributed by atoms with Crippen molar-refractivity contribution in [3.63, 3.8) is 0 Å². The van der Waals surface area contributed by atoms with Crippen molar-refractivity contribution in [2.75, 3.05) is 4.90 Å². The van der Waals surface area contributed by atoms with E-state index in [9.17, 15) is 19.5 Å². The molecule has 28 heavy (non-hydrogen) atoms. The number of amides is 2. The number of benzene rings is 2. The Morgan fingerprint density at radius 2 is 1.86 bits per heavy atom. The number of ether oxygens (including phenoxy) is 1. The zero-order chi connectivity index (χ0) is 20.3. The molecule has 6 nitrogen and oxygen atoms in total. The molecule has 2 amide bonds. The molecule has 7 heteroatoms. The van der Waals surface area contributed by atoms with E-state index in [1.54, 1.807) is 49.4 Å². The van der Waals surface area contributed by atoms with Crippen LogP contribution in [0.1, 0.15) is 24.5 Å². The van der Waals surface area contributed by atoms with Gasteiger partial charge in [0.2, 0.25) is 0 Å². The monoisotopic (exact) mass is 397 g/mol. The van der Waals surface area contributed by atoms with Crippen molar-refractivity contribution in [1.82, 2.24) is 0 Å². The predicted octanol–water partition coefficient (Wildman–Crippen LogP) is 4.48. The molecule has 144 valence electrons. The van der Waals surface area contributed by atoms with Crippen molar-refractivity contribution in [3.8, 4) is 5.75 Å². The van der Waals surface area contributed by atoms with E-state index in [4.69, 9.17) is 4.74 Å². The van der Waals surface area contributed by atoms with Gasteiger partial charge < -0.3 is 9.84 Å². The number of carboxylic acid groups (broad SMARTS) is 1. The van der Waals surface area contributed by atoms with Crippen LogP contribution in [0.4, 0.5) is 10.5 Å². The van der Waals surface area contributed by atoms with Gasteiger partial charge in [-0.3, -0.25) is 9.59 Å². The summed E-state index contributed by atoms with van der Waals surface area (Å²) in [6.07, 6.45) is 0.869. The van der Waals surface area contributed by atoms with Gasteiger partial charge >= 0.3 is 5.97 Å². The van der Waals surface area contributed by atoms with E-state index in [0.717, 1.165) is 22.2 Å². The largest absolute Gasteiger partial charge is 0.479 e. The maximum atomic E-state index is 12.8. The molecule has 1 aliphatic heterocycles. The van der Waals surface area contributed by atoms with Crippen molar-refractivity contribution in [1.29, 1.82) is 0 Å². The topological polar surface area (TPSA) is 83.9 Å². The van der Waals surface area contributed by atoms with Gasteiger partial charge in [-0.15, -0.1) is 0 Å². The van der Waals surface area contributed by atoms with Crippen LogP contribution in [0, 0.1) is 6.92 Å². The number of anilines is 1. The normalized spacial score (nSPS) is 16.5. The third-order valence-electron chi connectivity index (χ3n) is 4.21. The summed E-state index contributed by atoms with van der Waals surface area (Å²) in [6, 6.07) is 14.0. The molecule has 0 radical (unpaired) electrons. The van der Waals surface area contributed by atoms with Crippen molar-refractivity contribution < 1.29 is 24.2 Å². The summed E-state index contributed by atoms with van der Waals surface area (Å²) < 4.78 is 5.59. The first-order valence-electron chi connectivity index (χ1n) is 8.73. The fraction of sp³-hybridized carbons (Fsp3) is 0.190. The maximum Gasteiger partial charge on any atom is 0.344 e. The minimum atomic E-state index is -1.06. The van der Waals surface area contributed by atoms with Crippen LogP contribution >= 0.6 is 11.8 Å². The summed E-state index contributed by atoms with van der Waals surface area (Å²) in [6.45, 7) is 3.64. The third kappa shape index (κ3) is 4.09. The van der Waals surface area contributed by atoms with Gasteiger partial charge in [-0.2, -0.15) is 0 Å². The maximum absolute atomic E-state index is 12.8. The van der Waals surface area contributed by atoms with Crippen LogP contribution in [0.2, 0.25) is 0 Å². The number of carbonyl (C=O) groups excluding carboxylic acids is 2. The first-order valence-corrected chi connectivity index (χ1v) is 9.55. The Hall–Kier alpha value is -3.06. The number of thioether (sulfide) groups is 1. The smallest absolute Gasteiger partial charge is 0.344 e. The van der Waals surface area contributed by atoms with Crippen LogP contribution < -0.4 is 9.64 Å². The van der Waals surface area contributed by atoms with Gasteiger partial charge in [-0.1, -0.05) is 42.8 Å². The third-order valence-corrected chi connectivity index (χ3v) is 5.08. The zero-order valence-electron chi connectivity index (χ0n) is 15.4. The SMILES string of the molecule is CCC(Oc1ccccc1/C=C1/SC(=O)N(c2ccc(C)cc2)C1=O)C(=O)O. The first kappa shape index (κ1) is 19.7. The average Bonchev–Trinajstić information content (AvgIpc) is 2.95. The Bertz CT molecular complexity index is 952. The van der Waals surface area contributed by atoms with E-state index in [1.807, 2.05) is 19.1 Å². The summed E-state index contributed by atoms with van der Waals surface area (Å²) in [5.74, 6) is -1.13. The minimum Gasteiger partial charge on any atom is -0.479 e. The molecular weight excluding hydrogens is 378 g/mol. The summed E-state index contributed by atoms with van der Waals surface area (Å²) in [4.78, 5) is 37.8. The summed E-state index contributed by atoms with van der Waals surface area (Å²) >= 11 is 0.842. The zero-order valence-corrected chi connectivity index (χ0v) is 16.2. The Labute approximate surface area is 166 Å². The second-order valence-corrected chi connectivity index (χ2v) is 7.24. The highest BCUT2D eigenvalue weighted by molar-refractivity contribution is 8.19. The molecule has 0 spiro atoms. The number of imide groups is 1. The highest BCUT2D eigenvalue weighted by Gasteiger charge is 2.36. The standard InChI is InChI=1S/C21H19NO5S/c1-3-16(20(24)25)27-17-7-5-4-6-14(17)12-18-19(23)22(21(26)28-18)15-10-8-13(2)9-11-15/h4-12,16H,3H2,1-2H3,(H,24,25)/b18-12+. The van der Waals surface area contributed by atoms with E-state index in [1.165, 1.54) is 0 Å². The molecule has 2 aromatic carbocycles. The lowest BCUT2D eigenvalue weighted by atomic mass is 10.1. The number of carboxylic acids is 1. The summed E-state index contributed by atoms with van der Waals surface area (Å²) in [5, 5.41) is 8.84. The van der Waals surface area contributed by atoms with E-state index < -0.39 is 18.0 Å². The van der Waals surface area contributed by atoms with Gasteiger partial charge in [0.15, 0.2) is 6.10 Å². The van der Waals surface area contributed by atoms with Crippen LogP contribution in [-0.4, -0.2) is 28.3 Å². The number of rotatable bonds is 6. The lowest BCUT2D eigenvalue weighted by Gasteiger charge is -2.15. The molecule has 1 saturated heterocycles. The molecule has 1 fully saturated rings. The highest BCUT2D eigenvalue weighted by Crippen LogP contribution is 2.37. The fourth-order valence-corrected chi connectivity index (χ4v) is 3.53. The molecule has 1 N–H and O–H groups in total. The van der Waals surface area contributed by atoms with Crippen LogP contribution in [0.25, 0.3) is 6.08 Å². The second-order valence-electron chi connectivity index (χ2n) is 6.24. The molecule has 0 aromatic heterocycles. The number of nitrogens with zero attached hydrogens (tertiary/aromatic N) is 1. The highest BCUT2D eigenvalue weighted by atomic mass is 32.2. The van der Waals surface area contributed by atoms with Crippen LogP contribution in [0.3, 0.4) is 0 Å². The predicted molar refractivity (Wildman–Crippen MR) is 108 cm³/mol. The number of para-hydroxylation sites is 1. The Morgan fingerprint density at radius 1 is 1.18 bits per heavy atom. The number of aliphatic carboxylic acids is 1. The van der Waals surface area contributed by atoms with E-state index >= 15 is 0 Å². The molecule has 2 aromatic rings. The molecular formula is C21H19NO5S. The van der Waals surface area contributed by atoms with Gasteiger partial charge in [0.25, 0.3) is 11.1 Å². The van der Waals surface area contributed by atoms with Gasteiger partial charge in [-0.05, 0) is 49.4 Å². The first-order chi connectivity index (χ1) is 13.4. The average molecular weight is 397 g/mol. The molecule has 1 atom stereocenters. The molecule has 0 saturated carbocycles. The minimum absolute atomic E-state index is 0.255. The van der Waals surface area contributed by atoms with Gasteiger partial charge in [0.05, 0.1) is 10.6 Å². The number of aryl methyl sites for hydroxylation is 1. The van der Waals surface area contributed by atoms with E-state index in [0.29, 0.717) is 23.4 Å². The Morgan fingerprint density at radius 3 is 2.50 bits per heavy atom. The lowest BCUT2D eigenvalue weighted by molar-refractivity contribution is -0.145. The number of hydrogen-bond acceptors (Lipinski definition) is 5. The van der Waals surface area contributed by atoms with E-state index in [-0.39, 0.29) is 10.1 Å². The van der Waals surface area contributed by atoms with Gasteiger partial charge in [0, 0.05) is 5.56 Å². The summed E-state index contributed by atoms with van der Waals surface area (Å²) in [7, 11) is 0. The Kier molecular flexibility index (Phi) is 5.84. The lowest BCUT2D eigenvalue weighted by Crippen LogP contribution is -2.27. The molecule has 3 rings (SSSR count). The van der Waals surface area contributed by atoms with Gasteiger partial charge in [0.1, 0.15) is 5.75 Å². The second kappa shape index (κ2) is 8.31. The summed E-state index contributed by atoms with van der Waals surface area (Å²) in [5.41, 5.74) is 2.08.